The summed E-state index contributed by atoms with van der Waals surface area (Å²) in [6.45, 7) is 0. The van der Waals surface area contributed by atoms with Crippen molar-refractivity contribution in [3.8, 4) is 0 Å². The van der Waals surface area contributed by atoms with Gasteiger partial charge in [0.2, 0.25) is 0 Å². The number of rotatable bonds is 1. The van der Waals surface area contributed by atoms with E-state index in [9.17, 15) is 9.18 Å². The molecule has 106 valence electrons. The van der Waals surface area contributed by atoms with Crippen molar-refractivity contribution in [2.45, 2.75) is 19.3 Å². The summed E-state index contributed by atoms with van der Waals surface area (Å²) in [5.41, 5.74) is 3.08. The van der Waals surface area contributed by atoms with E-state index < -0.39 is 0 Å². The molecule has 0 spiro atoms. The van der Waals surface area contributed by atoms with Crippen LogP contribution >= 0.6 is 11.6 Å². The molecule has 0 saturated carbocycles. The molecule has 0 amide bonds. The van der Waals surface area contributed by atoms with Gasteiger partial charge in [0.25, 0.3) is 0 Å². The zero-order chi connectivity index (χ0) is 14.8. The smallest absolute Gasteiger partial charge is 0.189 e. The van der Waals surface area contributed by atoms with Crippen LogP contribution in [0.3, 0.4) is 0 Å². The average molecular weight is 301 g/mol. The van der Waals surface area contributed by atoms with E-state index in [0.717, 1.165) is 29.5 Å². The van der Waals surface area contributed by atoms with Crippen molar-refractivity contribution < 1.29 is 9.18 Å². The Kier molecular flexibility index (Phi) is 3.89. The number of carbonyl (C=O) groups excluding carboxylic acids is 1. The lowest BCUT2D eigenvalue weighted by Crippen LogP contribution is -2.04. The number of benzene rings is 2. The topological polar surface area (TPSA) is 17.1 Å². The first-order valence-corrected chi connectivity index (χ1v) is 7.30. The molecule has 0 bridgehead atoms. The molecule has 1 aliphatic rings. The summed E-state index contributed by atoms with van der Waals surface area (Å²) in [7, 11) is 0. The van der Waals surface area contributed by atoms with Gasteiger partial charge in [-0.3, -0.25) is 4.79 Å². The van der Waals surface area contributed by atoms with Crippen LogP contribution in [0.1, 0.15) is 34.3 Å². The van der Waals surface area contributed by atoms with Crippen LogP contribution in [-0.4, -0.2) is 5.78 Å². The van der Waals surface area contributed by atoms with Crippen molar-refractivity contribution in [2.24, 2.45) is 0 Å². The molecule has 2 aromatic rings. The summed E-state index contributed by atoms with van der Waals surface area (Å²) in [4.78, 5) is 12.6. The van der Waals surface area contributed by atoms with Gasteiger partial charge in [0, 0.05) is 16.2 Å². The van der Waals surface area contributed by atoms with Crippen molar-refractivity contribution in [3.63, 3.8) is 0 Å². The number of halogens is 2. The number of hydrogen-bond donors (Lipinski definition) is 0. The number of allylic oxidation sites excluding steroid dienone is 1. The van der Waals surface area contributed by atoms with E-state index in [1.807, 2.05) is 18.2 Å². The lowest BCUT2D eigenvalue weighted by Gasteiger charge is -2.05. The van der Waals surface area contributed by atoms with Gasteiger partial charge >= 0.3 is 0 Å². The van der Waals surface area contributed by atoms with E-state index in [4.69, 9.17) is 11.6 Å². The minimum atomic E-state index is -0.366. The summed E-state index contributed by atoms with van der Waals surface area (Å²) in [5, 5.41) is 0.664. The molecule has 0 fully saturated rings. The second kappa shape index (κ2) is 5.82. The normalized spacial score (nSPS) is 16.7. The summed E-state index contributed by atoms with van der Waals surface area (Å²) < 4.78 is 13.4. The minimum Gasteiger partial charge on any atom is -0.289 e. The monoisotopic (exact) mass is 300 g/mol. The van der Waals surface area contributed by atoms with Crippen LogP contribution in [0.15, 0.2) is 48.0 Å². The lowest BCUT2D eigenvalue weighted by atomic mass is 9.98. The Balaban J connectivity index is 2.00. The van der Waals surface area contributed by atoms with Crippen LogP contribution < -0.4 is 0 Å². The highest BCUT2D eigenvalue weighted by Gasteiger charge is 2.20. The predicted molar refractivity (Wildman–Crippen MR) is 83.1 cm³/mol. The van der Waals surface area contributed by atoms with Crippen LogP contribution in [0.2, 0.25) is 5.02 Å². The van der Waals surface area contributed by atoms with E-state index in [0.29, 0.717) is 17.0 Å². The second-order valence-electron chi connectivity index (χ2n) is 5.21. The second-order valence-corrected chi connectivity index (χ2v) is 5.64. The Labute approximate surface area is 128 Å². The molecule has 3 rings (SSSR count). The first-order chi connectivity index (χ1) is 10.1. The van der Waals surface area contributed by atoms with Gasteiger partial charge in [-0.05, 0) is 60.7 Å². The molecule has 0 N–H and O–H groups in total. The van der Waals surface area contributed by atoms with Gasteiger partial charge in [-0.25, -0.2) is 4.39 Å². The third kappa shape index (κ3) is 3.06. The largest absolute Gasteiger partial charge is 0.289 e. The van der Waals surface area contributed by atoms with Crippen molar-refractivity contribution in [1.82, 2.24) is 0 Å². The molecule has 0 aromatic heterocycles. The molecule has 0 saturated heterocycles. The zero-order valence-corrected chi connectivity index (χ0v) is 12.2. The number of hydrogen-bond acceptors (Lipinski definition) is 1. The molecular formula is C18H14ClFO. The van der Waals surface area contributed by atoms with Crippen LogP contribution in [0.25, 0.3) is 6.08 Å². The third-order valence-corrected chi connectivity index (χ3v) is 3.96. The molecule has 0 atom stereocenters. The van der Waals surface area contributed by atoms with E-state index in [2.05, 4.69) is 0 Å². The molecular weight excluding hydrogens is 287 g/mol. The Bertz CT molecular complexity index is 716. The standard InChI is InChI=1S/C18H14ClFO/c19-15-7-4-12(5-8-15)10-14-3-1-2-13-6-9-16(20)11-17(13)18(14)21/h4-11H,1-3H2/b14-10+. The maximum absolute atomic E-state index is 13.4. The molecule has 2 aromatic carbocycles. The summed E-state index contributed by atoms with van der Waals surface area (Å²) >= 11 is 5.86. The van der Waals surface area contributed by atoms with E-state index in [-0.39, 0.29) is 11.6 Å². The van der Waals surface area contributed by atoms with Gasteiger partial charge < -0.3 is 0 Å². The number of ketones is 1. The van der Waals surface area contributed by atoms with Crippen molar-refractivity contribution in [3.05, 3.63) is 75.6 Å². The first-order valence-electron chi connectivity index (χ1n) is 6.93. The van der Waals surface area contributed by atoms with Gasteiger partial charge in [0.05, 0.1) is 0 Å². The Morgan fingerprint density at radius 1 is 1.05 bits per heavy atom. The van der Waals surface area contributed by atoms with Crippen molar-refractivity contribution >= 4 is 23.5 Å². The highest BCUT2D eigenvalue weighted by Crippen LogP contribution is 2.26. The number of Topliss-reactive ketones (excluding diaryl/α,β-unsaturated/α-hetero) is 1. The fourth-order valence-electron chi connectivity index (χ4n) is 2.63. The van der Waals surface area contributed by atoms with Crippen LogP contribution in [-0.2, 0) is 6.42 Å². The molecule has 3 heteroatoms. The molecule has 21 heavy (non-hydrogen) atoms. The van der Waals surface area contributed by atoms with Gasteiger partial charge in [0.1, 0.15) is 5.82 Å². The Hall–Kier alpha value is -1.93. The molecule has 1 aliphatic carbocycles. The lowest BCUT2D eigenvalue weighted by molar-refractivity contribution is 0.103. The van der Waals surface area contributed by atoms with E-state index in [1.54, 1.807) is 18.2 Å². The number of aryl methyl sites for hydroxylation is 1. The molecule has 0 unspecified atom stereocenters. The Morgan fingerprint density at radius 2 is 1.81 bits per heavy atom. The highest BCUT2D eigenvalue weighted by molar-refractivity contribution is 6.30. The minimum absolute atomic E-state index is 0.0723. The van der Waals surface area contributed by atoms with Crippen LogP contribution in [0, 0.1) is 5.82 Å². The Morgan fingerprint density at radius 3 is 2.57 bits per heavy atom. The van der Waals surface area contributed by atoms with Gasteiger partial charge in [0.15, 0.2) is 5.78 Å². The van der Waals surface area contributed by atoms with Gasteiger partial charge in [-0.15, -0.1) is 0 Å². The van der Waals surface area contributed by atoms with Crippen molar-refractivity contribution in [2.75, 3.05) is 0 Å². The van der Waals surface area contributed by atoms with Crippen LogP contribution in [0.4, 0.5) is 4.39 Å². The maximum Gasteiger partial charge on any atom is 0.189 e. The summed E-state index contributed by atoms with van der Waals surface area (Å²) in [6, 6.07) is 11.8. The zero-order valence-electron chi connectivity index (χ0n) is 11.4. The molecule has 1 nitrogen and oxygen atoms in total. The van der Waals surface area contributed by atoms with Crippen LogP contribution in [0.5, 0.6) is 0 Å². The predicted octanol–water partition coefficient (Wildman–Crippen LogP) is 5.08. The molecule has 0 aliphatic heterocycles. The average Bonchev–Trinajstić information content (AvgIpc) is 2.62. The highest BCUT2D eigenvalue weighted by atomic mass is 35.5. The van der Waals surface area contributed by atoms with E-state index >= 15 is 0 Å². The quantitative estimate of drug-likeness (QED) is 0.530. The first kappa shape index (κ1) is 14.0. The fourth-order valence-corrected chi connectivity index (χ4v) is 2.76. The molecule has 0 radical (unpaired) electrons. The van der Waals surface area contributed by atoms with Crippen molar-refractivity contribution in [1.29, 1.82) is 0 Å². The number of carbonyl (C=O) groups is 1. The number of fused-ring (bicyclic) bond motifs is 1. The summed E-state index contributed by atoms with van der Waals surface area (Å²) in [5.74, 6) is -0.438. The van der Waals surface area contributed by atoms with Gasteiger partial charge in [-0.2, -0.15) is 0 Å². The van der Waals surface area contributed by atoms with Gasteiger partial charge in [-0.1, -0.05) is 29.8 Å². The maximum atomic E-state index is 13.4. The SMILES string of the molecule is O=C1/C(=C/c2ccc(Cl)cc2)CCCc2ccc(F)cc21. The molecule has 0 heterocycles. The van der Waals surface area contributed by atoms with E-state index in [1.165, 1.54) is 12.1 Å². The summed E-state index contributed by atoms with van der Waals surface area (Å²) in [6.07, 6.45) is 4.28. The third-order valence-electron chi connectivity index (χ3n) is 3.71. The fraction of sp³-hybridized carbons (Fsp3) is 0.167.